The zero-order chi connectivity index (χ0) is 29.2. The van der Waals surface area contributed by atoms with Crippen molar-refractivity contribution in [3.8, 4) is 17.0 Å². The highest BCUT2D eigenvalue weighted by Gasteiger charge is 2.20. The molecule has 0 bridgehead atoms. The smallest absolute Gasteiger partial charge is 0.333 e. The Kier molecular flexibility index (Phi) is 12.0. The van der Waals surface area contributed by atoms with Crippen molar-refractivity contribution in [3.63, 3.8) is 0 Å². The van der Waals surface area contributed by atoms with Crippen LogP contribution in [0.5, 0.6) is 5.75 Å². The maximum atomic E-state index is 13.0. The van der Waals surface area contributed by atoms with Gasteiger partial charge in [0, 0.05) is 39.8 Å². The third kappa shape index (κ3) is 8.07. The molecule has 0 spiro atoms. The molecule has 1 unspecified atom stereocenters. The van der Waals surface area contributed by atoms with Crippen LogP contribution in [0.2, 0.25) is 10.0 Å². The van der Waals surface area contributed by atoms with Crippen molar-refractivity contribution in [2.24, 2.45) is 0 Å². The summed E-state index contributed by atoms with van der Waals surface area (Å²) in [6, 6.07) is 8.85. The van der Waals surface area contributed by atoms with Gasteiger partial charge in [0.25, 0.3) is 5.91 Å². The Hall–Kier alpha value is -2.91. The van der Waals surface area contributed by atoms with Crippen LogP contribution >= 0.6 is 34.5 Å². The topological polar surface area (TPSA) is 86.8 Å². The lowest BCUT2D eigenvalue weighted by Crippen LogP contribution is -2.12. The van der Waals surface area contributed by atoms with E-state index < -0.39 is 11.9 Å². The Morgan fingerprint density at radius 1 is 1.15 bits per heavy atom. The largest absolute Gasteiger partial charge is 0.496 e. The van der Waals surface area contributed by atoms with Crippen molar-refractivity contribution in [3.05, 3.63) is 68.0 Å². The average molecular weight is 606 g/mol. The number of carbonyl (C=O) groups excluding carboxylic acids is 2. The van der Waals surface area contributed by atoms with Crippen LogP contribution < -0.4 is 10.1 Å². The molecule has 0 fully saturated rings. The molecule has 1 aromatic heterocycles. The van der Waals surface area contributed by atoms with E-state index in [1.165, 1.54) is 29.5 Å². The summed E-state index contributed by atoms with van der Waals surface area (Å²) in [6.07, 6.45) is 4.68. The highest BCUT2D eigenvalue weighted by Crippen LogP contribution is 2.38. The molecule has 40 heavy (non-hydrogen) atoms. The molecular weight excluding hydrogens is 571 g/mol. The second kappa shape index (κ2) is 15.2. The number of halogens is 2. The van der Waals surface area contributed by atoms with Crippen LogP contribution in [0.15, 0.2) is 41.3 Å². The lowest BCUT2D eigenvalue weighted by Gasteiger charge is -2.18. The Bertz CT molecular complexity index is 1350. The maximum Gasteiger partial charge on any atom is 0.333 e. The van der Waals surface area contributed by atoms with E-state index >= 15 is 0 Å². The number of para-hydroxylation sites is 1. The molecule has 7 nitrogen and oxygen atoms in total. The van der Waals surface area contributed by atoms with E-state index in [-0.39, 0.29) is 28.3 Å². The normalized spacial score (nSPS) is 12.2. The maximum absolute atomic E-state index is 13.0. The zero-order valence-corrected chi connectivity index (χ0v) is 25.6. The first-order chi connectivity index (χ1) is 19.2. The fraction of sp³-hybridized carbons (Fsp3) is 0.367. The number of esters is 1. The van der Waals surface area contributed by atoms with Gasteiger partial charge in [-0.2, -0.15) is 0 Å². The molecule has 3 aromatic rings. The van der Waals surface area contributed by atoms with E-state index in [0.717, 1.165) is 30.4 Å². The summed E-state index contributed by atoms with van der Waals surface area (Å²) in [5, 5.41) is 5.53. The van der Waals surface area contributed by atoms with Gasteiger partial charge in [0.15, 0.2) is 5.13 Å². The second-order valence-electron chi connectivity index (χ2n) is 9.04. The van der Waals surface area contributed by atoms with Gasteiger partial charge in [0.1, 0.15) is 5.75 Å². The molecule has 1 heterocycles. The lowest BCUT2D eigenvalue weighted by atomic mass is 10.0. The second-order valence-corrected chi connectivity index (χ2v) is 10.7. The van der Waals surface area contributed by atoms with Crippen LogP contribution in [0, 0.1) is 0 Å². The summed E-state index contributed by atoms with van der Waals surface area (Å²) in [7, 11) is 1.63. The molecule has 0 radical (unpaired) electrons. The van der Waals surface area contributed by atoms with E-state index in [1.54, 1.807) is 21.0 Å². The molecule has 1 amide bonds. The van der Waals surface area contributed by atoms with Crippen LogP contribution in [0.4, 0.5) is 5.13 Å². The summed E-state index contributed by atoms with van der Waals surface area (Å²) in [4.78, 5) is 29.6. The van der Waals surface area contributed by atoms with Crippen molar-refractivity contribution < 1.29 is 23.8 Å². The fourth-order valence-corrected chi connectivity index (χ4v) is 5.31. The molecule has 0 saturated carbocycles. The van der Waals surface area contributed by atoms with Crippen LogP contribution in [0.3, 0.4) is 0 Å². The Morgan fingerprint density at radius 3 is 2.52 bits per heavy atom. The average Bonchev–Trinajstić information content (AvgIpc) is 3.40. The molecule has 1 N–H and O–H groups in total. The van der Waals surface area contributed by atoms with E-state index in [4.69, 9.17) is 37.4 Å². The first kappa shape index (κ1) is 31.6. The number of hydrogen-bond donors (Lipinski definition) is 1. The SMILES string of the molecule is CCCCCOC(C)c1cccc(-c2csc(NC(=O)c3cc(Cl)c(/C=C(\C)C(=O)OCC)c(Cl)c3)n2)c1OC. The van der Waals surface area contributed by atoms with Gasteiger partial charge in [-0.15, -0.1) is 11.3 Å². The molecule has 3 rings (SSSR count). The number of unbranched alkanes of at least 4 members (excludes halogenated alkanes) is 2. The number of thiazole rings is 1. The number of methoxy groups -OCH3 is 1. The first-order valence-corrected chi connectivity index (χ1v) is 14.7. The van der Waals surface area contributed by atoms with E-state index in [9.17, 15) is 9.59 Å². The number of amides is 1. The number of rotatable bonds is 13. The molecule has 0 aliphatic heterocycles. The highest BCUT2D eigenvalue weighted by molar-refractivity contribution is 7.14. The van der Waals surface area contributed by atoms with Gasteiger partial charge in [-0.05, 0) is 51.5 Å². The number of nitrogens with one attached hydrogen (secondary N) is 1. The van der Waals surface area contributed by atoms with Crippen molar-refractivity contribution >= 4 is 57.6 Å². The minimum atomic E-state index is -0.466. The summed E-state index contributed by atoms with van der Waals surface area (Å²) >= 11 is 14.1. The fourth-order valence-electron chi connectivity index (χ4n) is 4.00. The van der Waals surface area contributed by atoms with E-state index in [1.807, 2.05) is 30.5 Å². The minimum Gasteiger partial charge on any atom is -0.496 e. The zero-order valence-electron chi connectivity index (χ0n) is 23.3. The monoisotopic (exact) mass is 604 g/mol. The predicted octanol–water partition coefficient (Wildman–Crippen LogP) is 8.61. The first-order valence-electron chi connectivity index (χ1n) is 13.1. The number of anilines is 1. The van der Waals surface area contributed by atoms with Crippen molar-refractivity contribution in [2.75, 3.05) is 25.6 Å². The number of benzene rings is 2. The quantitative estimate of drug-likeness (QED) is 0.119. The van der Waals surface area contributed by atoms with Gasteiger partial charge in [-0.25, -0.2) is 9.78 Å². The molecule has 2 aromatic carbocycles. The Morgan fingerprint density at radius 2 is 1.88 bits per heavy atom. The number of nitrogens with zero attached hydrogens (tertiary/aromatic N) is 1. The summed E-state index contributed by atoms with van der Waals surface area (Å²) in [5.41, 5.74) is 3.44. The van der Waals surface area contributed by atoms with Crippen LogP contribution in [-0.4, -0.2) is 37.2 Å². The molecule has 214 valence electrons. The molecule has 10 heteroatoms. The van der Waals surface area contributed by atoms with Crippen molar-refractivity contribution in [1.82, 2.24) is 4.98 Å². The minimum absolute atomic E-state index is 0.141. The molecule has 1 atom stereocenters. The number of aromatic nitrogens is 1. The van der Waals surface area contributed by atoms with Gasteiger partial charge in [0.2, 0.25) is 0 Å². The summed E-state index contributed by atoms with van der Waals surface area (Å²) in [5.74, 6) is -0.196. The van der Waals surface area contributed by atoms with E-state index in [2.05, 4.69) is 17.2 Å². The van der Waals surface area contributed by atoms with Crippen LogP contribution in [0.25, 0.3) is 17.3 Å². The standard InChI is InChI=1S/C30H34Cl2N2O5S/c1-6-8-9-13-39-19(4)21-11-10-12-22(27(21)37-5)26-17-40-30(33-26)34-28(35)20-15-24(31)23(25(32)16-20)14-18(3)29(36)38-7-2/h10-12,14-17,19H,6-9,13H2,1-5H3,(H,33,34,35)/b18-14+. The number of ether oxygens (including phenoxy) is 3. The highest BCUT2D eigenvalue weighted by atomic mass is 35.5. The van der Waals surface area contributed by atoms with Gasteiger partial charge in [0.05, 0.1) is 35.6 Å². The molecule has 0 aliphatic carbocycles. The summed E-state index contributed by atoms with van der Waals surface area (Å²) < 4.78 is 16.8. The number of hydrogen-bond acceptors (Lipinski definition) is 7. The van der Waals surface area contributed by atoms with Crippen molar-refractivity contribution in [1.29, 1.82) is 0 Å². The van der Waals surface area contributed by atoms with Gasteiger partial charge in [-0.1, -0.05) is 55.1 Å². The molecular formula is C30H34Cl2N2O5S. The van der Waals surface area contributed by atoms with Gasteiger partial charge in [-0.3, -0.25) is 10.1 Å². The third-order valence-electron chi connectivity index (χ3n) is 6.10. The molecule has 0 aliphatic rings. The van der Waals surface area contributed by atoms with E-state index in [0.29, 0.717) is 34.3 Å². The van der Waals surface area contributed by atoms with Gasteiger partial charge >= 0.3 is 5.97 Å². The third-order valence-corrected chi connectivity index (χ3v) is 7.49. The lowest BCUT2D eigenvalue weighted by molar-refractivity contribution is -0.138. The van der Waals surface area contributed by atoms with Crippen LogP contribution in [-0.2, 0) is 14.3 Å². The van der Waals surface area contributed by atoms with Crippen LogP contribution in [0.1, 0.15) is 74.5 Å². The van der Waals surface area contributed by atoms with Gasteiger partial charge < -0.3 is 14.2 Å². The van der Waals surface area contributed by atoms with Crippen molar-refractivity contribution in [2.45, 2.75) is 53.1 Å². The predicted molar refractivity (Wildman–Crippen MR) is 163 cm³/mol. The Balaban J connectivity index is 1.78. The Labute approximate surface area is 249 Å². The number of carbonyl (C=O) groups is 2. The molecule has 0 saturated heterocycles. The summed E-state index contributed by atoms with van der Waals surface area (Å²) in [6.45, 7) is 8.45.